The van der Waals surface area contributed by atoms with Gasteiger partial charge in [0, 0.05) is 13.1 Å². The molecule has 1 unspecified atom stereocenters. The Labute approximate surface area is 180 Å². The largest absolute Gasteiger partial charge is 0.341 e. The predicted molar refractivity (Wildman–Crippen MR) is 121 cm³/mol. The van der Waals surface area contributed by atoms with Gasteiger partial charge in [-0.1, -0.05) is 50.6 Å². The second-order valence-electron chi connectivity index (χ2n) is 8.66. The van der Waals surface area contributed by atoms with Crippen molar-refractivity contribution in [3.05, 3.63) is 59.7 Å². The molecule has 1 fully saturated rings. The number of benzene rings is 2. The first-order chi connectivity index (χ1) is 14.2. The van der Waals surface area contributed by atoms with Crippen molar-refractivity contribution in [1.82, 2.24) is 4.90 Å². The van der Waals surface area contributed by atoms with Gasteiger partial charge in [-0.15, -0.1) is 0 Å². The van der Waals surface area contributed by atoms with Gasteiger partial charge in [-0.3, -0.25) is 9.10 Å². The first-order valence-corrected chi connectivity index (χ1v) is 12.1. The molecule has 30 heavy (non-hydrogen) atoms. The SMILES string of the molecule is Cc1ccc(S(=O)(=O)N(CC(=O)N2CCCC(C)C2)c2ccc(C(C)C)cc2)cc1. The second-order valence-corrected chi connectivity index (χ2v) is 10.5. The second kappa shape index (κ2) is 9.21. The summed E-state index contributed by atoms with van der Waals surface area (Å²) in [7, 11) is -3.87. The van der Waals surface area contributed by atoms with Crippen molar-refractivity contribution < 1.29 is 13.2 Å². The van der Waals surface area contributed by atoms with Gasteiger partial charge in [0.25, 0.3) is 10.0 Å². The van der Waals surface area contributed by atoms with Crippen LogP contribution in [0, 0.1) is 12.8 Å². The van der Waals surface area contributed by atoms with Crippen molar-refractivity contribution in [2.45, 2.75) is 51.3 Å². The Bertz CT molecular complexity index is 967. The number of rotatable bonds is 6. The number of amides is 1. The molecule has 1 heterocycles. The van der Waals surface area contributed by atoms with E-state index >= 15 is 0 Å². The molecule has 5 nitrogen and oxygen atoms in total. The number of hydrogen-bond acceptors (Lipinski definition) is 3. The molecule has 1 amide bonds. The Hall–Kier alpha value is -2.34. The normalized spacial score (nSPS) is 17.2. The summed E-state index contributed by atoms with van der Waals surface area (Å²) in [6.45, 7) is 9.42. The maximum absolute atomic E-state index is 13.5. The number of hydrogen-bond donors (Lipinski definition) is 0. The van der Waals surface area contributed by atoms with Crippen LogP contribution in [0.25, 0.3) is 0 Å². The molecule has 1 aliphatic heterocycles. The van der Waals surface area contributed by atoms with Crippen LogP contribution in [0.5, 0.6) is 0 Å². The van der Waals surface area contributed by atoms with E-state index in [2.05, 4.69) is 20.8 Å². The summed E-state index contributed by atoms with van der Waals surface area (Å²) in [4.78, 5) is 15.0. The van der Waals surface area contributed by atoms with Crippen LogP contribution < -0.4 is 4.31 Å². The van der Waals surface area contributed by atoms with Crippen molar-refractivity contribution in [1.29, 1.82) is 0 Å². The molecule has 0 aromatic heterocycles. The van der Waals surface area contributed by atoms with Crippen LogP contribution in [-0.4, -0.2) is 38.9 Å². The van der Waals surface area contributed by atoms with Crippen LogP contribution in [0.3, 0.4) is 0 Å². The Morgan fingerprint density at radius 2 is 1.73 bits per heavy atom. The lowest BCUT2D eigenvalue weighted by molar-refractivity contribution is -0.131. The fourth-order valence-corrected chi connectivity index (χ4v) is 5.23. The monoisotopic (exact) mass is 428 g/mol. The van der Waals surface area contributed by atoms with Gasteiger partial charge in [0.1, 0.15) is 6.54 Å². The van der Waals surface area contributed by atoms with Crippen LogP contribution in [0.15, 0.2) is 53.4 Å². The summed E-state index contributed by atoms with van der Waals surface area (Å²) >= 11 is 0. The highest BCUT2D eigenvalue weighted by molar-refractivity contribution is 7.92. The summed E-state index contributed by atoms with van der Waals surface area (Å²) in [5, 5.41) is 0. The number of sulfonamides is 1. The fraction of sp³-hybridized carbons (Fsp3) is 0.458. The highest BCUT2D eigenvalue weighted by Gasteiger charge is 2.30. The predicted octanol–water partition coefficient (Wildman–Crippen LogP) is 4.57. The van der Waals surface area contributed by atoms with Crippen molar-refractivity contribution in [3.8, 4) is 0 Å². The summed E-state index contributed by atoms with van der Waals surface area (Å²) in [6, 6.07) is 14.2. The van der Waals surface area contributed by atoms with E-state index in [9.17, 15) is 13.2 Å². The third-order valence-corrected chi connectivity index (χ3v) is 7.53. The zero-order chi connectivity index (χ0) is 21.9. The van der Waals surface area contributed by atoms with Crippen LogP contribution >= 0.6 is 0 Å². The van der Waals surface area contributed by atoms with Gasteiger partial charge in [-0.25, -0.2) is 8.42 Å². The zero-order valence-electron chi connectivity index (χ0n) is 18.3. The lowest BCUT2D eigenvalue weighted by atomic mass is 10.0. The molecule has 2 aromatic rings. The van der Waals surface area contributed by atoms with E-state index in [4.69, 9.17) is 0 Å². The molecule has 1 aliphatic rings. The molecule has 1 saturated heterocycles. The standard InChI is InChI=1S/C24H32N2O3S/c1-18(2)21-9-11-22(12-10-21)26(17-24(27)25-15-5-6-20(4)16-25)30(28,29)23-13-7-19(3)8-14-23/h7-14,18,20H,5-6,15-17H2,1-4H3. The molecule has 1 atom stereocenters. The minimum absolute atomic E-state index is 0.148. The molecule has 0 spiro atoms. The maximum atomic E-state index is 13.5. The third-order valence-electron chi connectivity index (χ3n) is 5.75. The van der Waals surface area contributed by atoms with E-state index in [-0.39, 0.29) is 17.3 Å². The van der Waals surface area contributed by atoms with Crippen molar-refractivity contribution in [2.24, 2.45) is 5.92 Å². The quantitative estimate of drug-likeness (QED) is 0.677. The zero-order valence-corrected chi connectivity index (χ0v) is 19.2. The molecular weight excluding hydrogens is 396 g/mol. The Kier molecular flexibility index (Phi) is 6.86. The number of likely N-dealkylation sites (tertiary alicyclic amines) is 1. The molecule has 0 bridgehead atoms. The van der Waals surface area contributed by atoms with Gasteiger partial charge in [-0.05, 0) is 61.4 Å². The van der Waals surface area contributed by atoms with E-state index in [1.54, 1.807) is 41.3 Å². The van der Waals surface area contributed by atoms with Gasteiger partial charge in [-0.2, -0.15) is 0 Å². The van der Waals surface area contributed by atoms with E-state index < -0.39 is 10.0 Å². The van der Waals surface area contributed by atoms with Gasteiger partial charge >= 0.3 is 0 Å². The summed E-state index contributed by atoms with van der Waals surface area (Å²) < 4.78 is 28.3. The molecule has 0 aliphatic carbocycles. The van der Waals surface area contributed by atoms with Gasteiger partial charge in [0.05, 0.1) is 10.6 Å². The molecule has 2 aromatic carbocycles. The number of carbonyl (C=O) groups is 1. The molecule has 0 N–H and O–H groups in total. The molecule has 0 radical (unpaired) electrons. The van der Waals surface area contributed by atoms with Gasteiger partial charge < -0.3 is 4.90 Å². The smallest absolute Gasteiger partial charge is 0.264 e. The number of aryl methyl sites for hydroxylation is 1. The van der Waals surface area contributed by atoms with E-state index in [0.29, 0.717) is 30.6 Å². The Balaban J connectivity index is 1.95. The van der Waals surface area contributed by atoms with Crippen LogP contribution in [0.1, 0.15) is 50.7 Å². The van der Waals surface area contributed by atoms with Crippen molar-refractivity contribution in [3.63, 3.8) is 0 Å². The number of nitrogens with zero attached hydrogens (tertiary/aromatic N) is 2. The average molecular weight is 429 g/mol. The first kappa shape index (κ1) is 22.3. The molecule has 3 rings (SSSR count). The van der Waals surface area contributed by atoms with E-state index in [1.807, 2.05) is 19.1 Å². The number of piperidine rings is 1. The van der Waals surface area contributed by atoms with Crippen molar-refractivity contribution in [2.75, 3.05) is 23.9 Å². The minimum atomic E-state index is -3.87. The summed E-state index contributed by atoms with van der Waals surface area (Å²) in [5.41, 5.74) is 2.63. The average Bonchev–Trinajstić information content (AvgIpc) is 2.72. The molecular formula is C24H32N2O3S. The highest BCUT2D eigenvalue weighted by atomic mass is 32.2. The Morgan fingerprint density at radius 3 is 2.30 bits per heavy atom. The van der Waals surface area contributed by atoms with Crippen LogP contribution in [0.2, 0.25) is 0 Å². The maximum Gasteiger partial charge on any atom is 0.264 e. The van der Waals surface area contributed by atoms with E-state index in [0.717, 1.165) is 24.0 Å². The fourth-order valence-electron chi connectivity index (χ4n) is 3.82. The molecule has 0 saturated carbocycles. The summed E-state index contributed by atoms with van der Waals surface area (Å²) in [5.74, 6) is 0.637. The van der Waals surface area contributed by atoms with E-state index in [1.165, 1.54) is 4.31 Å². The van der Waals surface area contributed by atoms with Crippen LogP contribution in [0.4, 0.5) is 5.69 Å². The topological polar surface area (TPSA) is 57.7 Å². The molecule has 162 valence electrons. The number of anilines is 1. The van der Waals surface area contributed by atoms with Crippen LogP contribution in [-0.2, 0) is 14.8 Å². The lowest BCUT2D eigenvalue weighted by Crippen LogP contribution is -2.46. The van der Waals surface area contributed by atoms with Crippen molar-refractivity contribution >= 4 is 21.6 Å². The highest BCUT2D eigenvalue weighted by Crippen LogP contribution is 2.27. The minimum Gasteiger partial charge on any atom is -0.341 e. The lowest BCUT2D eigenvalue weighted by Gasteiger charge is -2.33. The van der Waals surface area contributed by atoms with Gasteiger partial charge in [0.2, 0.25) is 5.91 Å². The third kappa shape index (κ3) is 5.04. The Morgan fingerprint density at radius 1 is 1.10 bits per heavy atom. The summed E-state index contributed by atoms with van der Waals surface area (Å²) in [6.07, 6.45) is 2.06. The first-order valence-electron chi connectivity index (χ1n) is 10.7. The number of carbonyl (C=O) groups excluding carboxylic acids is 1. The van der Waals surface area contributed by atoms with Gasteiger partial charge in [0.15, 0.2) is 0 Å². The molecule has 6 heteroatoms.